The van der Waals surface area contributed by atoms with Crippen LogP contribution in [0.2, 0.25) is 0 Å². The van der Waals surface area contributed by atoms with Gasteiger partial charge in [0.15, 0.2) is 0 Å². The second-order valence-corrected chi connectivity index (χ2v) is 11.2. The molecule has 1 aliphatic carbocycles. The normalized spacial score (nSPS) is 13.1. The Balaban J connectivity index is 1.34. The minimum absolute atomic E-state index is 0.931. The topological polar surface area (TPSA) is 13.1 Å². The summed E-state index contributed by atoms with van der Waals surface area (Å²) < 4.78 is 6.35. The fourth-order valence-corrected chi connectivity index (χ4v) is 6.99. The third kappa shape index (κ3) is 3.42. The lowest BCUT2D eigenvalue weighted by molar-refractivity contribution is 0.669. The predicted molar refractivity (Wildman–Crippen MR) is 174 cm³/mol. The third-order valence-electron chi connectivity index (χ3n) is 8.87. The van der Waals surface area contributed by atoms with Crippen molar-refractivity contribution in [2.45, 2.75) is 12.8 Å². The summed E-state index contributed by atoms with van der Waals surface area (Å²) in [6.07, 6.45) is 6.79. The van der Waals surface area contributed by atoms with Crippen LogP contribution in [0.1, 0.15) is 17.5 Å². The van der Waals surface area contributed by atoms with Crippen LogP contribution in [0.4, 0.5) is 0 Å². The Morgan fingerprint density at radius 3 is 1.93 bits per heavy atom. The Bertz CT molecular complexity index is 2370. The van der Waals surface area contributed by atoms with Gasteiger partial charge in [0.25, 0.3) is 0 Å². The molecule has 1 nitrogen and oxygen atoms in total. The van der Waals surface area contributed by atoms with Crippen LogP contribution in [0.25, 0.3) is 82.6 Å². The first-order valence-corrected chi connectivity index (χ1v) is 14.4. The van der Waals surface area contributed by atoms with Gasteiger partial charge in [0, 0.05) is 10.8 Å². The molecule has 1 heteroatoms. The van der Waals surface area contributed by atoms with Gasteiger partial charge in [-0.1, -0.05) is 103 Å². The Kier molecular flexibility index (Phi) is 4.80. The van der Waals surface area contributed by atoms with E-state index in [4.69, 9.17) is 4.42 Å². The van der Waals surface area contributed by atoms with Gasteiger partial charge in [-0.15, -0.1) is 0 Å². The second-order valence-electron chi connectivity index (χ2n) is 11.2. The SMILES string of the molecule is C1=Cc2c(c(-c3ccc4ccccc4c3)c3ccccc3c2-c2ccc3oc4cc5ccccc5cc4c3c2)CC1. The second kappa shape index (κ2) is 8.68. The Hall–Kier alpha value is -5.14. The number of furan rings is 1. The zero-order valence-electron chi connectivity index (χ0n) is 22.5. The molecule has 0 saturated heterocycles. The number of allylic oxidation sites excluding steroid dienone is 1. The van der Waals surface area contributed by atoms with Crippen molar-refractivity contribution in [2.24, 2.45) is 0 Å². The quantitative estimate of drug-likeness (QED) is 0.220. The Morgan fingerprint density at radius 2 is 1.10 bits per heavy atom. The fraction of sp³-hybridized carbons (Fsp3) is 0.0500. The average Bonchev–Trinajstić information content (AvgIpc) is 3.38. The van der Waals surface area contributed by atoms with E-state index in [-0.39, 0.29) is 0 Å². The fourth-order valence-electron chi connectivity index (χ4n) is 6.99. The van der Waals surface area contributed by atoms with Crippen LogP contribution in [0.5, 0.6) is 0 Å². The molecule has 1 aliphatic rings. The first-order valence-electron chi connectivity index (χ1n) is 14.4. The zero-order chi connectivity index (χ0) is 26.9. The highest BCUT2D eigenvalue weighted by Gasteiger charge is 2.22. The molecule has 0 atom stereocenters. The van der Waals surface area contributed by atoms with E-state index in [1.54, 1.807) is 0 Å². The van der Waals surface area contributed by atoms with E-state index in [0.29, 0.717) is 0 Å². The number of fused-ring (bicyclic) bond motifs is 7. The molecule has 0 amide bonds. The summed E-state index contributed by atoms with van der Waals surface area (Å²) >= 11 is 0. The highest BCUT2D eigenvalue weighted by atomic mass is 16.3. The first-order chi connectivity index (χ1) is 20.3. The van der Waals surface area contributed by atoms with Gasteiger partial charge >= 0.3 is 0 Å². The summed E-state index contributed by atoms with van der Waals surface area (Å²) in [5, 5.41) is 9.94. The lowest BCUT2D eigenvalue weighted by Gasteiger charge is -2.24. The number of hydrogen-bond donors (Lipinski definition) is 0. The number of rotatable bonds is 2. The molecule has 9 rings (SSSR count). The molecule has 0 aliphatic heterocycles. The van der Waals surface area contributed by atoms with Crippen LogP contribution in [0.3, 0.4) is 0 Å². The monoisotopic (exact) mass is 522 g/mol. The van der Waals surface area contributed by atoms with Crippen molar-refractivity contribution in [3.8, 4) is 22.3 Å². The van der Waals surface area contributed by atoms with Gasteiger partial charge in [-0.3, -0.25) is 0 Å². The van der Waals surface area contributed by atoms with Gasteiger partial charge < -0.3 is 4.42 Å². The van der Waals surface area contributed by atoms with Crippen molar-refractivity contribution in [3.63, 3.8) is 0 Å². The van der Waals surface area contributed by atoms with E-state index in [9.17, 15) is 0 Å². The number of hydrogen-bond acceptors (Lipinski definition) is 1. The van der Waals surface area contributed by atoms with Gasteiger partial charge in [0.2, 0.25) is 0 Å². The van der Waals surface area contributed by atoms with E-state index >= 15 is 0 Å². The van der Waals surface area contributed by atoms with Gasteiger partial charge in [-0.05, 0) is 109 Å². The molecule has 8 aromatic rings. The molecule has 192 valence electrons. The molecular weight excluding hydrogens is 496 g/mol. The molecule has 0 saturated carbocycles. The van der Waals surface area contributed by atoms with Gasteiger partial charge in [-0.2, -0.15) is 0 Å². The third-order valence-corrected chi connectivity index (χ3v) is 8.87. The Labute approximate surface area is 238 Å². The highest BCUT2D eigenvalue weighted by Crippen LogP contribution is 2.46. The van der Waals surface area contributed by atoms with Crippen LogP contribution >= 0.6 is 0 Å². The van der Waals surface area contributed by atoms with E-state index in [1.807, 2.05) is 0 Å². The highest BCUT2D eigenvalue weighted by molar-refractivity contribution is 6.14. The van der Waals surface area contributed by atoms with Crippen molar-refractivity contribution in [2.75, 3.05) is 0 Å². The molecule has 0 fully saturated rings. The maximum Gasteiger partial charge on any atom is 0.136 e. The van der Waals surface area contributed by atoms with Crippen LogP contribution in [0.15, 0.2) is 132 Å². The molecule has 0 radical (unpaired) electrons. The standard InChI is InChI=1S/C40H26O/c1-2-10-26-21-29(18-17-25(26)9-1)39-31-13-5-7-15-33(31)40(34-16-8-6-14-32(34)39)30-19-20-37-35(23-30)36-22-27-11-3-4-12-28(27)24-38(36)41-37/h1-5,7-13,15-24H,6,14H2. The molecule has 1 aromatic heterocycles. The van der Waals surface area contributed by atoms with Gasteiger partial charge in [-0.25, -0.2) is 0 Å². The average molecular weight is 523 g/mol. The summed E-state index contributed by atoms with van der Waals surface area (Å²) in [5.74, 6) is 0. The molecule has 0 spiro atoms. The van der Waals surface area contributed by atoms with Crippen LogP contribution in [-0.2, 0) is 6.42 Å². The minimum Gasteiger partial charge on any atom is -0.456 e. The van der Waals surface area contributed by atoms with Crippen molar-refractivity contribution < 1.29 is 4.42 Å². The molecule has 7 aromatic carbocycles. The predicted octanol–water partition coefficient (Wildman–Crippen LogP) is 11.3. The molecule has 0 N–H and O–H groups in total. The largest absolute Gasteiger partial charge is 0.456 e. The van der Waals surface area contributed by atoms with Crippen molar-refractivity contribution in [1.82, 2.24) is 0 Å². The smallest absolute Gasteiger partial charge is 0.136 e. The zero-order valence-corrected chi connectivity index (χ0v) is 22.5. The van der Waals surface area contributed by atoms with E-state index in [2.05, 4.69) is 133 Å². The molecule has 41 heavy (non-hydrogen) atoms. The molecule has 0 bridgehead atoms. The molecular formula is C40H26O. The van der Waals surface area contributed by atoms with Crippen LogP contribution in [0, 0.1) is 0 Å². The Morgan fingerprint density at radius 1 is 0.463 bits per heavy atom. The van der Waals surface area contributed by atoms with Crippen LogP contribution in [-0.4, -0.2) is 0 Å². The minimum atomic E-state index is 0.931. The van der Waals surface area contributed by atoms with Crippen molar-refractivity contribution >= 4 is 60.3 Å². The molecule has 0 unspecified atom stereocenters. The molecule has 1 heterocycles. The summed E-state index contributed by atoms with van der Waals surface area (Å²) in [6.45, 7) is 0. The summed E-state index contributed by atoms with van der Waals surface area (Å²) in [7, 11) is 0. The van der Waals surface area contributed by atoms with Gasteiger partial charge in [0.1, 0.15) is 11.2 Å². The lowest BCUT2D eigenvalue weighted by atomic mass is 9.80. The lowest BCUT2D eigenvalue weighted by Crippen LogP contribution is -2.02. The maximum atomic E-state index is 6.35. The van der Waals surface area contributed by atoms with Gasteiger partial charge in [0.05, 0.1) is 0 Å². The number of benzene rings is 7. The van der Waals surface area contributed by atoms with E-state index in [1.165, 1.54) is 76.5 Å². The summed E-state index contributed by atoms with van der Waals surface area (Å²) in [5.41, 5.74) is 9.87. The van der Waals surface area contributed by atoms with Crippen molar-refractivity contribution in [3.05, 3.63) is 139 Å². The van der Waals surface area contributed by atoms with E-state index in [0.717, 1.165) is 24.0 Å². The maximum absolute atomic E-state index is 6.35. The summed E-state index contributed by atoms with van der Waals surface area (Å²) in [6, 6.07) is 44.2. The van der Waals surface area contributed by atoms with Crippen LogP contribution < -0.4 is 0 Å². The summed E-state index contributed by atoms with van der Waals surface area (Å²) in [4.78, 5) is 0. The first kappa shape index (κ1) is 22.7. The van der Waals surface area contributed by atoms with E-state index < -0.39 is 0 Å². The van der Waals surface area contributed by atoms with Crippen molar-refractivity contribution in [1.29, 1.82) is 0 Å².